The molecule has 4 aromatic rings. The zero-order valence-electron chi connectivity index (χ0n) is 20.2. The van der Waals surface area contributed by atoms with Gasteiger partial charge in [0.1, 0.15) is 5.82 Å². The normalized spacial score (nSPS) is 13.2. The second-order valence-electron chi connectivity index (χ2n) is 9.12. The van der Waals surface area contributed by atoms with Gasteiger partial charge >= 0.3 is 0 Å². The highest BCUT2D eigenvalue weighted by molar-refractivity contribution is 5.36. The van der Waals surface area contributed by atoms with Gasteiger partial charge < -0.3 is 0 Å². The Morgan fingerprint density at radius 2 is 1.69 bits per heavy atom. The van der Waals surface area contributed by atoms with Crippen LogP contribution in [-0.4, -0.2) is 21.0 Å². The predicted molar refractivity (Wildman–Crippen MR) is 141 cm³/mol. The Kier molecular flexibility index (Phi) is 6.88. The van der Waals surface area contributed by atoms with E-state index in [2.05, 4.69) is 41.8 Å². The van der Waals surface area contributed by atoms with Crippen molar-refractivity contribution in [1.82, 2.24) is 14.5 Å². The Morgan fingerprint density at radius 1 is 1.00 bits per heavy atom. The number of rotatable bonds is 7. The minimum atomic E-state index is -0.282. The topological polar surface area (TPSA) is 61.9 Å². The number of nitrogens with zero attached hydrogens (tertiary/aromatic N) is 4. The fourth-order valence-electron chi connectivity index (χ4n) is 5.03. The van der Waals surface area contributed by atoms with E-state index in [9.17, 15) is 10.1 Å². The molecule has 0 amide bonds. The third-order valence-electron chi connectivity index (χ3n) is 6.69. The van der Waals surface area contributed by atoms with Crippen LogP contribution in [0.2, 0.25) is 0 Å². The second-order valence-corrected chi connectivity index (χ2v) is 9.12. The summed E-state index contributed by atoms with van der Waals surface area (Å²) in [4.78, 5) is 21.5. The molecule has 5 nitrogen and oxygen atoms in total. The van der Waals surface area contributed by atoms with Crippen molar-refractivity contribution >= 4 is 0 Å². The van der Waals surface area contributed by atoms with Gasteiger partial charge in [0.2, 0.25) is 0 Å². The molecule has 1 aromatic heterocycles. The number of benzene rings is 3. The van der Waals surface area contributed by atoms with Gasteiger partial charge in [-0.1, -0.05) is 78.9 Å². The Morgan fingerprint density at radius 3 is 2.33 bits per heavy atom. The Bertz CT molecular complexity index is 1430. The van der Waals surface area contributed by atoms with Gasteiger partial charge in [-0.2, -0.15) is 5.26 Å². The highest BCUT2D eigenvalue weighted by atomic mass is 16.1. The lowest BCUT2D eigenvalue weighted by Crippen LogP contribution is -2.40. The summed E-state index contributed by atoms with van der Waals surface area (Å²) in [6, 6.07) is 29.9. The van der Waals surface area contributed by atoms with Crippen molar-refractivity contribution < 1.29 is 0 Å². The van der Waals surface area contributed by atoms with Gasteiger partial charge in [-0.25, -0.2) is 4.98 Å². The molecular formula is C31H28N4O. The van der Waals surface area contributed by atoms with Crippen LogP contribution >= 0.6 is 0 Å². The summed E-state index contributed by atoms with van der Waals surface area (Å²) >= 11 is 0. The van der Waals surface area contributed by atoms with Gasteiger partial charge in [0.15, 0.2) is 0 Å². The largest absolute Gasteiger partial charge is 0.294 e. The van der Waals surface area contributed by atoms with Crippen LogP contribution in [0.3, 0.4) is 0 Å². The van der Waals surface area contributed by atoms with E-state index in [4.69, 9.17) is 4.98 Å². The van der Waals surface area contributed by atoms with Gasteiger partial charge in [0.25, 0.3) is 5.56 Å². The molecule has 5 rings (SSSR count). The number of hydrogen-bond acceptors (Lipinski definition) is 4. The van der Waals surface area contributed by atoms with Crippen LogP contribution in [0, 0.1) is 11.3 Å². The van der Waals surface area contributed by atoms with Crippen LogP contribution in [-0.2, 0) is 25.9 Å². The molecule has 5 heteroatoms. The molecule has 0 saturated heterocycles. The van der Waals surface area contributed by atoms with Crippen LogP contribution < -0.4 is 5.56 Å². The Balaban J connectivity index is 1.59. The van der Waals surface area contributed by atoms with Crippen LogP contribution in [0.25, 0.3) is 0 Å². The van der Waals surface area contributed by atoms with Crippen molar-refractivity contribution in [2.75, 3.05) is 6.54 Å². The SMILES string of the molecule is C=CCc1nc2c(c(=O)n1C(c1ccccc1)c1ccccc1)CN(Cc1cccc(C#N)c1)CC2. The molecule has 1 aliphatic rings. The highest BCUT2D eigenvalue weighted by Crippen LogP contribution is 2.28. The van der Waals surface area contributed by atoms with E-state index in [1.165, 1.54) is 0 Å². The van der Waals surface area contributed by atoms with Crippen LogP contribution in [0.5, 0.6) is 0 Å². The minimum absolute atomic E-state index is 0.00466. The summed E-state index contributed by atoms with van der Waals surface area (Å²) in [6.45, 7) is 5.96. The molecule has 178 valence electrons. The van der Waals surface area contributed by atoms with Gasteiger partial charge in [-0.3, -0.25) is 14.3 Å². The molecule has 0 bridgehead atoms. The molecule has 0 atom stereocenters. The zero-order valence-corrected chi connectivity index (χ0v) is 20.2. The summed E-state index contributed by atoms with van der Waals surface area (Å²) in [5, 5.41) is 9.25. The summed E-state index contributed by atoms with van der Waals surface area (Å²) < 4.78 is 1.87. The molecule has 0 fully saturated rings. The van der Waals surface area contributed by atoms with Crippen molar-refractivity contribution in [1.29, 1.82) is 5.26 Å². The number of nitriles is 1. The van der Waals surface area contributed by atoms with E-state index in [0.29, 0.717) is 25.1 Å². The van der Waals surface area contributed by atoms with Crippen molar-refractivity contribution in [3.05, 3.63) is 147 Å². The lowest BCUT2D eigenvalue weighted by Gasteiger charge is -2.31. The maximum absolute atomic E-state index is 14.2. The van der Waals surface area contributed by atoms with Crippen LogP contribution in [0.4, 0.5) is 0 Å². The summed E-state index contributed by atoms with van der Waals surface area (Å²) in [5.74, 6) is 0.738. The Labute approximate surface area is 211 Å². The molecule has 0 unspecified atom stereocenters. The monoisotopic (exact) mass is 472 g/mol. The third kappa shape index (κ3) is 4.77. The van der Waals surface area contributed by atoms with E-state index in [1.54, 1.807) is 0 Å². The summed E-state index contributed by atoms with van der Waals surface area (Å²) in [6.07, 6.45) is 3.05. The number of aromatic nitrogens is 2. The standard InChI is InChI=1S/C31H28N4O/c1-2-10-29-33-28-17-18-34(21-24-12-9-11-23(19-24)20-32)22-27(28)31(36)35(29)30(25-13-5-3-6-14-25)26-15-7-4-8-16-26/h2-9,11-16,19,30H,1,10,17-18,21-22H2. The molecule has 0 aliphatic carbocycles. The van der Waals surface area contributed by atoms with Crippen molar-refractivity contribution in [2.45, 2.75) is 32.0 Å². The number of fused-ring (bicyclic) bond motifs is 1. The molecule has 0 saturated carbocycles. The van der Waals surface area contributed by atoms with Gasteiger partial charge in [-0.15, -0.1) is 6.58 Å². The molecule has 1 aliphatic heterocycles. The molecule has 0 N–H and O–H groups in total. The zero-order chi connectivity index (χ0) is 24.9. The number of hydrogen-bond donors (Lipinski definition) is 0. The average molecular weight is 473 g/mol. The highest BCUT2D eigenvalue weighted by Gasteiger charge is 2.27. The maximum atomic E-state index is 14.2. The average Bonchev–Trinajstić information content (AvgIpc) is 2.92. The first-order valence-corrected chi connectivity index (χ1v) is 12.2. The van der Waals surface area contributed by atoms with E-state index >= 15 is 0 Å². The Hall–Kier alpha value is -4.27. The smallest absolute Gasteiger partial charge is 0.259 e. The van der Waals surface area contributed by atoms with E-state index in [0.717, 1.165) is 46.7 Å². The maximum Gasteiger partial charge on any atom is 0.259 e. The van der Waals surface area contributed by atoms with Gasteiger partial charge in [0, 0.05) is 32.5 Å². The fraction of sp³-hybridized carbons (Fsp3) is 0.194. The first kappa shape index (κ1) is 23.5. The first-order chi connectivity index (χ1) is 17.7. The second kappa shape index (κ2) is 10.6. The third-order valence-corrected chi connectivity index (χ3v) is 6.69. The van der Waals surface area contributed by atoms with Gasteiger partial charge in [0.05, 0.1) is 28.9 Å². The predicted octanol–water partition coefficient (Wildman–Crippen LogP) is 5.04. The molecular weight excluding hydrogens is 444 g/mol. The summed E-state index contributed by atoms with van der Waals surface area (Å²) in [5.41, 5.74) is 5.44. The fourth-order valence-corrected chi connectivity index (χ4v) is 5.03. The van der Waals surface area contributed by atoms with Gasteiger partial charge in [-0.05, 0) is 28.8 Å². The van der Waals surface area contributed by atoms with Crippen molar-refractivity contribution in [3.63, 3.8) is 0 Å². The van der Waals surface area contributed by atoms with Crippen molar-refractivity contribution in [3.8, 4) is 6.07 Å². The number of allylic oxidation sites excluding steroid dienone is 1. The molecule has 2 heterocycles. The molecule has 0 spiro atoms. The van der Waals surface area contributed by atoms with Crippen LogP contribution in [0.1, 0.15) is 45.4 Å². The molecule has 0 radical (unpaired) electrons. The van der Waals surface area contributed by atoms with E-state index < -0.39 is 0 Å². The van der Waals surface area contributed by atoms with E-state index in [-0.39, 0.29) is 11.6 Å². The van der Waals surface area contributed by atoms with Crippen molar-refractivity contribution in [2.24, 2.45) is 0 Å². The lowest BCUT2D eigenvalue weighted by atomic mass is 9.97. The first-order valence-electron chi connectivity index (χ1n) is 12.2. The van der Waals surface area contributed by atoms with E-state index in [1.807, 2.05) is 71.3 Å². The molecule has 36 heavy (non-hydrogen) atoms. The minimum Gasteiger partial charge on any atom is -0.294 e. The van der Waals surface area contributed by atoms with Crippen LogP contribution in [0.15, 0.2) is 102 Å². The summed E-state index contributed by atoms with van der Waals surface area (Å²) in [7, 11) is 0. The molecule has 3 aromatic carbocycles. The lowest BCUT2D eigenvalue weighted by molar-refractivity contribution is 0.240. The quantitative estimate of drug-likeness (QED) is 0.354.